The fraction of sp³-hybridized carbons (Fsp3) is 0.231. The minimum Gasteiger partial charge on any atom is -0.356 e. The molecule has 3 aromatic rings. The summed E-state index contributed by atoms with van der Waals surface area (Å²) in [6, 6.07) is 7.95. The largest absolute Gasteiger partial charge is 0.356 e. The van der Waals surface area contributed by atoms with Crippen molar-refractivity contribution >= 4 is 11.0 Å². The predicted molar refractivity (Wildman–Crippen MR) is 64.7 cm³/mol. The lowest BCUT2D eigenvalue weighted by molar-refractivity contribution is 0.432. The number of para-hydroxylation sites is 1. The Morgan fingerprint density at radius 2 is 2.24 bits per heavy atom. The van der Waals surface area contributed by atoms with Crippen LogP contribution in [0.25, 0.3) is 11.0 Å². The molecule has 2 heterocycles. The van der Waals surface area contributed by atoms with E-state index in [9.17, 15) is 0 Å². The van der Waals surface area contributed by atoms with Crippen LogP contribution in [0.15, 0.2) is 47.5 Å². The first-order chi connectivity index (χ1) is 8.34. The van der Waals surface area contributed by atoms with Gasteiger partial charge in [0.25, 0.3) is 0 Å². The lowest BCUT2D eigenvalue weighted by Crippen LogP contribution is -2.04. The average molecular weight is 227 g/mol. The molecule has 0 fully saturated rings. The van der Waals surface area contributed by atoms with Crippen LogP contribution in [0.4, 0.5) is 0 Å². The Bertz CT molecular complexity index is 612. The minimum absolute atomic E-state index is 0.299. The Morgan fingerprint density at radius 3 is 3.06 bits per heavy atom. The maximum atomic E-state index is 5.31. The van der Waals surface area contributed by atoms with Crippen LogP contribution < -0.4 is 0 Å². The van der Waals surface area contributed by atoms with E-state index < -0.39 is 0 Å². The van der Waals surface area contributed by atoms with E-state index >= 15 is 0 Å². The van der Waals surface area contributed by atoms with Crippen molar-refractivity contribution in [3.05, 3.63) is 48.7 Å². The lowest BCUT2D eigenvalue weighted by Gasteiger charge is -2.08. The van der Waals surface area contributed by atoms with Crippen LogP contribution in [-0.2, 0) is 6.54 Å². The molecule has 0 aliphatic carbocycles. The van der Waals surface area contributed by atoms with E-state index in [4.69, 9.17) is 4.52 Å². The van der Waals surface area contributed by atoms with Crippen LogP contribution in [0.1, 0.15) is 18.5 Å². The van der Waals surface area contributed by atoms with Gasteiger partial charge in [-0.1, -0.05) is 24.2 Å². The Hall–Kier alpha value is -2.10. The van der Waals surface area contributed by atoms with Gasteiger partial charge >= 0.3 is 0 Å². The highest BCUT2D eigenvalue weighted by molar-refractivity contribution is 5.79. The van der Waals surface area contributed by atoms with Crippen LogP contribution in [-0.4, -0.2) is 14.7 Å². The molecule has 1 aromatic carbocycles. The predicted octanol–water partition coefficient (Wildman–Crippen LogP) is 2.83. The first-order valence-electron chi connectivity index (χ1n) is 5.64. The molecule has 86 valence electrons. The normalized spacial score (nSPS) is 13.0. The van der Waals surface area contributed by atoms with Gasteiger partial charge in [0.2, 0.25) is 0 Å². The van der Waals surface area contributed by atoms with Crippen LogP contribution in [0.2, 0.25) is 0 Å². The van der Waals surface area contributed by atoms with Gasteiger partial charge in [0.15, 0.2) is 5.58 Å². The molecule has 0 aliphatic heterocycles. The average Bonchev–Trinajstić information content (AvgIpc) is 2.96. The van der Waals surface area contributed by atoms with Gasteiger partial charge in [-0.25, -0.2) is 4.98 Å². The van der Waals surface area contributed by atoms with E-state index in [1.54, 1.807) is 6.20 Å². The summed E-state index contributed by atoms with van der Waals surface area (Å²) >= 11 is 0. The fourth-order valence-corrected chi connectivity index (χ4v) is 2.06. The first kappa shape index (κ1) is 10.1. The maximum Gasteiger partial charge on any atom is 0.167 e. The molecule has 4 heteroatoms. The number of fused-ring (bicyclic) bond motifs is 1. The summed E-state index contributed by atoms with van der Waals surface area (Å²) in [5.41, 5.74) is 1.86. The molecule has 0 radical (unpaired) electrons. The van der Waals surface area contributed by atoms with Crippen molar-refractivity contribution < 1.29 is 4.52 Å². The molecule has 3 rings (SSSR count). The van der Waals surface area contributed by atoms with E-state index in [2.05, 4.69) is 17.1 Å². The summed E-state index contributed by atoms with van der Waals surface area (Å²) < 4.78 is 7.36. The molecule has 0 N–H and O–H groups in total. The van der Waals surface area contributed by atoms with Gasteiger partial charge < -0.3 is 9.09 Å². The van der Waals surface area contributed by atoms with Gasteiger partial charge in [0, 0.05) is 30.2 Å². The highest BCUT2D eigenvalue weighted by atomic mass is 16.5. The molecule has 0 aliphatic rings. The topological polar surface area (TPSA) is 43.9 Å². The number of benzene rings is 1. The van der Waals surface area contributed by atoms with Crippen molar-refractivity contribution in [2.24, 2.45) is 0 Å². The number of imidazole rings is 1. The fourth-order valence-electron chi connectivity index (χ4n) is 2.06. The SMILES string of the molecule is CC(Cn1ccnc1)c1noc2ccccc12. The van der Waals surface area contributed by atoms with Crippen molar-refractivity contribution in [2.45, 2.75) is 19.4 Å². The summed E-state index contributed by atoms with van der Waals surface area (Å²) in [6.45, 7) is 3.00. The van der Waals surface area contributed by atoms with Gasteiger partial charge in [0.1, 0.15) is 0 Å². The Kier molecular flexibility index (Phi) is 2.40. The second-order valence-corrected chi connectivity index (χ2v) is 4.22. The second-order valence-electron chi connectivity index (χ2n) is 4.22. The van der Waals surface area contributed by atoms with Crippen molar-refractivity contribution in [3.8, 4) is 0 Å². The monoisotopic (exact) mass is 227 g/mol. The van der Waals surface area contributed by atoms with Crippen LogP contribution in [0, 0.1) is 0 Å². The molecule has 0 bridgehead atoms. The van der Waals surface area contributed by atoms with E-state index in [-0.39, 0.29) is 0 Å². The zero-order valence-electron chi connectivity index (χ0n) is 9.58. The molecule has 1 atom stereocenters. The Labute approximate surface area is 98.9 Å². The summed E-state index contributed by atoms with van der Waals surface area (Å²) in [5, 5.41) is 5.26. The molecule has 0 amide bonds. The van der Waals surface area contributed by atoms with Gasteiger partial charge in [-0.2, -0.15) is 0 Å². The maximum absolute atomic E-state index is 5.31. The van der Waals surface area contributed by atoms with E-state index in [1.165, 1.54) is 0 Å². The quantitative estimate of drug-likeness (QED) is 0.691. The summed E-state index contributed by atoms with van der Waals surface area (Å²) in [7, 11) is 0. The zero-order chi connectivity index (χ0) is 11.7. The number of hydrogen-bond acceptors (Lipinski definition) is 3. The zero-order valence-corrected chi connectivity index (χ0v) is 9.58. The van der Waals surface area contributed by atoms with Gasteiger partial charge in [-0.05, 0) is 12.1 Å². The third kappa shape index (κ3) is 1.82. The Balaban J connectivity index is 1.93. The van der Waals surface area contributed by atoms with Crippen molar-refractivity contribution in [3.63, 3.8) is 0 Å². The molecule has 2 aromatic heterocycles. The van der Waals surface area contributed by atoms with Crippen molar-refractivity contribution in [1.82, 2.24) is 14.7 Å². The molecular weight excluding hydrogens is 214 g/mol. The van der Waals surface area contributed by atoms with Gasteiger partial charge in [-0.15, -0.1) is 0 Å². The number of nitrogens with zero attached hydrogens (tertiary/aromatic N) is 3. The summed E-state index contributed by atoms with van der Waals surface area (Å²) in [6.07, 6.45) is 5.56. The molecular formula is C13H13N3O. The standard InChI is InChI=1S/C13H13N3O/c1-10(8-16-7-6-14-9-16)13-11-4-2-3-5-12(11)17-15-13/h2-7,9-10H,8H2,1H3. The van der Waals surface area contributed by atoms with E-state index in [0.717, 1.165) is 23.2 Å². The first-order valence-corrected chi connectivity index (χ1v) is 5.64. The number of hydrogen-bond donors (Lipinski definition) is 0. The third-order valence-corrected chi connectivity index (χ3v) is 2.92. The van der Waals surface area contributed by atoms with Crippen LogP contribution >= 0.6 is 0 Å². The summed E-state index contributed by atoms with van der Waals surface area (Å²) in [5.74, 6) is 0.299. The van der Waals surface area contributed by atoms with Crippen LogP contribution in [0.3, 0.4) is 0 Å². The molecule has 4 nitrogen and oxygen atoms in total. The van der Waals surface area contributed by atoms with Crippen molar-refractivity contribution in [1.29, 1.82) is 0 Å². The molecule has 17 heavy (non-hydrogen) atoms. The smallest absolute Gasteiger partial charge is 0.167 e. The number of aromatic nitrogens is 3. The van der Waals surface area contributed by atoms with E-state index in [0.29, 0.717) is 5.92 Å². The van der Waals surface area contributed by atoms with E-state index in [1.807, 2.05) is 41.4 Å². The highest BCUT2D eigenvalue weighted by Crippen LogP contribution is 2.25. The van der Waals surface area contributed by atoms with Gasteiger partial charge in [0.05, 0.1) is 12.0 Å². The number of rotatable bonds is 3. The molecule has 0 saturated heterocycles. The molecule has 0 spiro atoms. The second kappa shape index (κ2) is 4.05. The summed E-state index contributed by atoms with van der Waals surface area (Å²) in [4.78, 5) is 4.04. The van der Waals surface area contributed by atoms with Crippen molar-refractivity contribution in [2.75, 3.05) is 0 Å². The van der Waals surface area contributed by atoms with Crippen LogP contribution in [0.5, 0.6) is 0 Å². The molecule has 1 unspecified atom stereocenters. The Morgan fingerprint density at radius 1 is 1.35 bits per heavy atom. The molecule has 0 saturated carbocycles. The minimum atomic E-state index is 0.299. The third-order valence-electron chi connectivity index (χ3n) is 2.92. The highest BCUT2D eigenvalue weighted by Gasteiger charge is 2.14. The lowest BCUT2D eigenvalue weighted by atomic mass is 10.0. The van der Waals surface area contributed by atoms with Gasteiger partial charge in [-0.3, -0.25) is 0 Å².